The molecule has 0 aliphatic rings. The maximum atomic E-state index is 10.3. The molecular formula is C22H48N2O2. The molecule has 4 heteroatoms. The van der Waals surface area contributed by atoms with Crippen LogP contribution in [0.2, 0.25) is 0 Å². The number of hydrogen-bond acceptors (Lipinski definition) is 3. The van der Waals surface area contributed by atoms with Gasteiger partial charge in [0.05, 0.1) is 0 Å². The number of carbonyl (C=O) groups is 1. The molecule has 0 rings (SSSR count). The molecule has 0 bridgehead atoms. The highest BCUT2D eigenvalue weighted by atomic mass is 16.4. The fourth-order valence-electron chi connectivity index (χ4n) is 2.88. The van der Waals surface area contributed by atoms with Crippen molar-refractivity contribution in [3.63, 3.8) is 0 Å². The predicted molar refractivity (Wildman–Crippen MR) is 114 cm³/mol. The van der Waals surface area contributed by atoms with Crippen molar-refractivity contribution in [3.05, 3.63) is 0 Å². The average Bonchev–Trinajstić information content (AvgIpc) is 2.58. The fourth-order valence-corrected chi connectivity index (χ4v) is 2.88. The van der Waals surface area contributed by atoms with E-state index in [1.54, 1.807) is 0 Å². The van der Waals surface area contributed by atoms with Crippen LogP contribution in [0.1, 0.15) is 124 Å². The average molecular weight is 373 g/mol. The molecule has 0 aromatic heterocycles. The van der Waals surface area contributed by atoms with Crippen LogP contribution >= 0.6 is 0 Å². The maximum absolute atomic E-state index is 10.3. The highest BCUT2D eigenvalue weighted by molar-refractivity contribution is 5.66. The molecule has 0 aromatic rings. The summed E-state index contributed by atoms with van der Waals surface area (Å²) in [6.07, 6.45) is 20.2. The number of aliphatic carboxylic acids is 1. The highest BCUT2D eigenvalue weighted by Crippen LogP contribution is 2.13. The number of hydrogen-bond donors (Lipinski definition) is 3. The van der Waals surface area contributed by atoms with E-state index in [0.717, 1.165) is 19.4 Å². The Kier molecular flexibility index (Phi) is 25.9. The Morgan fingerprint density at radius 1 is 0.769 bits per heavy atom. The Morgan fingerprint density at radius 2 is 1.12 bits per heavy atom. The van der Waals surface area contributed by atoms with Gasteiger partial charge in [0.1, 0.15) is 0 Å². The SMILES string of the molecule is CC(C)CNN.CCCCCCCCCCCCCCCCCC(=O)O. The topological polar surface area (TPSA) is 75.3 Å². The van der Waals surface area contributed by atoms with Crippen molar-refractivity contribution in [1.29, 1.82) is 0 Å². The first-order valence-corrected chi connectivity index (χ1v) is 11.2. The molecule has 0 unspecified atom stereocenters. The van der Waals surface area contributed by atoms with Crippen LogP contribution in [0.5, 0.6) is 0 Å². The second-order valence-electron chi connectivity index (χ2n) is 7.90. The first kappa shape index (κ1) is 27.6. The third-order valence-electron chi connectivity index (χ3n) is 4.52. The Labute approximate surface area is 163 Å². The first-order valence-electron chi connectivity index (χ1n) is 11.2. The molecule has 0 aliphatic carbocycles. The van der Waals surface area contributed by atoms with Crippen molar-refractivity contribution < 1.29 is 9.90 Å². The standard InChI is InChI=1S/C18H36O2.C4H12N2/c1-2-3-4-5-6-7-8-9-10-11-12-13-14-15-16-17-18(19)20;1-4(2)3-6-5/h2-17H2,1H3,(H,19,20);4,6H,3,5H2,1-2H3. The summed E-state index contributed by atoms with van der Waals surface area (Å²) in [5, 5.41) is 8.52. The van der Waals surface area contributed by atoms with Crippen molar-refractivity contribution in [2.75, 3.05) is 6.54 Å². The summed E-state index contributed by atoms with van der Waals surface area (Å²) in [6, 6.07) is 0. The molecule has 4 nitrogen and oxygen atoms in total. The molecule has 0 spiro atoms. The van der Waals surface area contributed by atoms with Crippen LogP contribution in [0.25, 0.3) is 0 Å². The van der Waals surface area contributed by atoms with Gasteiger partial charge in [0.25, 0.3) is 0 Å². The van der Waals surface area contributed by atoms with Gasteiger partial charge in [0.2, 0.25) is 0 Å². The molecule has 4 N–H and O–H groups in total. The number of nitrogens with two attached hydrogens (primary N) is 1. The van der Waals surface area contributed by atoms with E-state index in [4.69, 9.17) is 10.9 Å². The third kappa shape index (κ3) is 31.2. The zero-order chi connectivity index (χ0) is 19.9. The molecule has 0 amide bonds. The molecule has 0 atom stereocenters. The molecule has 158 valence electrons. The second-order valence-corrected chi connectivity index (χ2v) is 7.90. The van der Waals surface area contributed by atoms with Crippen LogP contribution in [0.15, 0.2) is 0 Å². The van der Waals surface area contributed by atoms with Crippen LogP contribution in [0.4, 0.5) is 0 Å². The van der Waals surface area contributed by atoms with E-state index in [0.29, 0.717) is 12.3 Å². The molecule has 0 fully saturated rings. The Balaban J connectivity index is 0. The minimum atomic E-state index is -0.653. The number of carboxylic acid groups (broad SMARTS) is 1. The number of nitrogens with one attached hydrogen (secondary N) is 1. The summed E-state index contributed by atoms with van der Waals surface area (Å²) in [7, 11) is 0. The van der Waals surface area contributed by atoms with Crippen LogP contribution in [0, 0.1) is 5.92 Å². The molecule has 0 aromatic carbocycles. The van der Waals surface area contributed by atoms with Crippen molar-refractivity contribution in [3.8, 4) is 0 Å². The van der Waals surface area contributed by atoms with Crippen molar-refractivity contribution in [2.24, 2.45) is 11.8 Å². The van der Waals surface area contributed by atoms with Crippen LogP contribution < -0.4 is 11.3 Å². The van der Waals surface area contributed by atoms with Gasteiger partial charge < -0.3 is 5.11 Å². The summed E-state index contributed by atoms with van der Waals surface area (Å²) in [5.41, 5.74) is 2.57. The lowest BCUT2D eigenvalue weighted by molar-refractivity contribution is -0.137. The summed E-state index contributed by atoms with van der Waals surface area (Å²) in [4.78, 5) is 10.3. The highest BCUT2D eigenvalue weighted by Gasteiger charge is 1.97. The Bertz CT molecular complexity index is 271. The normalized spacial score (nSPS) is 10.7. The lowest BCUT2D eigenvalue weighted by Crippen LogP contribution is -2.26. The summed E-state index contributed by atoms with van der Waals surface area (Å²) >= 11 is 0. The minimum absolute atomic E-state index is 0.345. The van der Waals surface area contributed by atoms with Gasteiger partial charge >= 0.3 is 5.97 Å². The van der Waals surface area contributed by atoms with Gasteiger partial charge in [-0.15, -0.1) is 0 Å². The molecule has 0 saturated carbocycles. The van der Waals surface area contributed by atoms with Gasteiger partial charge in [-0.25, -0.2) is 0 Å². The zero-order valence-electron chi connectivity index (χ0n) is 18.0. The van der Waals surface area contributed by atoms with Crippen LogP contribution in [0.3, 0.4) is 0 Å². The second kappa shape index (κ2) is 24.4. The number of hydrazine groups is 1. The Morgan fingerprint density at radius 3 is 1.35 bits per heavy atom. The smallest absolute Gasteiger partial charge is 0.303 e. The van der Waals surface area contributed by atoms with Crippen LogP contribution in [-0.2, 0) is 4.79 Å². The van der Waals surface area contributed by atoms with E-state index in [2.05, 4.69) is 26.2 Å². The van der Waals surface area contributed by atoms with Gasteiger partial charge in [0.15, 0.2) is 0 Å². The summed E-state index contributed by atoms with van der Waals surface area (Å²) in [5.74, 6) is 4.99. The molecule has 0 saturated heterocycles. The Hall–Kier alpha value is -0.610. The van der Waals surface area contributed by atoms with Gasteiger partial charge in [0, 0.05) is 13.0 Å². The first-order chi connectivity index (χ1) is 12.5. The number of rotatable bonds is 18. The van der Waals surface area contributed by atoms with Gasteiger partial charge in [-0.3, -0.25) is 16.1 Å². The maximum Gasteiger partial charge on any atom is 0.303 e. The quantitative estimate of drug-likeness (QED) is 0.147. The summed E-state index contributed by atoms with van der Waals surface area (Å²) in [6.45, 7) is 7.39. The lowest BCUT2D eigenvalue weighted by atomic mass is 10.0. The molecular weight excluding hydrogens is 324 g/mol. The minimum Gasteiger partial charge on any atom is -0.481 e. The van der Waals surface area contributed by atoms with Crippen molar-refractivity contribution in [1.82, 2.24) is 5.43 Å². The van der Waals surface area contributed by atoms with Gasteiger partial charge in [-0.2, -0.15) is 0 Å². The van der Waals surface area contributed by atoms with Crippen molar-refractivity contribution in [2.45, 2.75) is 124 Å². The van der Waals surface area contributed by atoms with Crippen molar-refractivity contribution >= 4 is 5.97 Å². The van der Waals surface area contributed by atoms with E-state index in [-0.39, 0.29) is 0 Å². The number of unbranched alkanes of at least 4 members (excludes halogenated alkanes) is 14. The van der Waals surface area contributed by atoms with E-state index in [1.165, 1.54) is 83.5 Å². The van der Waals surface area contributed by atoms with E-state index < -0.39 is 5.97 Å². The largest absolute Gasteiger partial charge is 0.481 e. The number of carboxylic acids is 1. The molecule has 0 heterocycles. The fraction of sp³-hybridized carbons (Fsp3) is 0.955. The molecule has 0 radical (unpaired) electrons. The van der Waals surface area contributed by atoms with Gasteiger partial charge in [-0.1, -0.05) is 111 Å². The third-order valence-corrected chi connectivity index (χ3v) is 4.52. The van der Waals surface area contributed by atoms with Gasteiger partial charge in [-0.05, 0) is 12.3 Å². The zero-order valence-corrected chi connectivity index (χ0v) is 18.0. The lowest BCUT2D eigenvalue weighted by Gasteiger charge is -2.03. The van der Waals surface area contributed by atoms with Crippen LogP contribution in [-0.4, -0.2) is 17.6 Å². The van der Waals surface area contributed by atoms with E-state index >= 15 is 0 Å². The monoisotopic (exact) mass is 372 g/mol. The van der Waals surface area contributed by atoms with E-state index in [1.807, 2.05) is 0 Å². The molecule has 0 aliphatic heterocycles. The summed E-state index contributed by atoms with van der Waals surface area (Å²) < 4.78 is 0. The molecule has 26 heavy (non-hydrogen) atoms. The van der Waals surface area contributed by atoms with E-state index in [9.17, 15) is 4.79 Å². The predicted octanol–water partition coefficient (Wildman–Crippen LogP) is 6.44.